The summed E-state index contributed by atoms with van der Waals surface area (Å²) in [7, 11) is 0. The second-order valence-corrected chi connectivity index (χ2v) is 7.95. The number of carbonyl (C=O) groups is 2. The molecular weight excluding hydrogens is 370 g/mol. The van der Waals surface area contributed by atoms with Crippen molar-refractivity contribution in [1.29, 1.82) is 0 Å². The maximum absolute atomic E-state index is 12.9. The largest absolute Gasteiger partial charge is 0.352 e. The van der Waals surface area contributed by atoms with Crippen LogP contribution in [0.2, 0.25) is 0 Å². The normalized spacial score (nSPS) is 20.4. The molecule has 0 aliphatic carbocycles. The first kappa shape index (κ1) is 19.4. The van der Waals surface area contributed by atoms with Gasteiger partial charge in [-0.3, -0.25) is 4.79 Å². The van der Waals surface area contributed by atoms with E-state index in [1.165, 1.54) is 0 Å². The number of anilines is 1. The Morgan fingerprint density at radius 2 is 1.93 bits per heavy atom. The van der Waals surface area contributed by atoms with Crippen LogP contribution >= 0.6 is 0 Å². The number of para-hydroxylation sites is 1. The highest BCUT2D eigenvalue weighted by Gasteiger charge is 2.47. The molecule has 1 atom stereocenters. The Morgan fingerprint density at radius 3 is 2.62 bits per heavy atom. The van der Waals surface area contributed by atoms with Gasteiger partial charge in [-0.1, -0.05) is 18.2 Å². The van der Waals surface area contributed by atoms with E-state index in [9.17, 15) is 9.59 Å². The fourth-order valence-corrected chi connectivity index (χ4v) is 4.03. The first-order chi connectivity index (χ1) is 14.0. The van der Waals surface area contributed by atoms with Crippen molar-refractivity contribution in [2.45, 2.75) is 51.0 Å². The standard InChI is InChI=1S/C21H27N5O3/c1-15(2)23-20(28)25-11-8-21(9-12-25)19-22-10-13-26(19)14-17(29-21)18(27)24-16-6-4-3-5-7-16/h3-7,10,13,15,17H,8-9,11-12,14H2,1-2H3,(H,23,28)(H,24,27). The number of fused-ring (bicyclic) bond motifs is 2. The number of hydrogen-bond donors (Lipinski definition) is 2. The van der Waals surface area contributed by atoms with Crippen LogP contribution in [0.4, 0.5) is 10.5 Å². The lowest BCUT2D eigenvalue weighted by Gasteiger charge is -2.45. The Kier molecular flexibility index (Phi) is 5.27. The van der Waals surface area contributed by atoms with E-state index in [-0.39, 0.29) is 18.0 Å². The molecular formula is C21H27N5O3. The number of imidazole rings is 1. The quantitative estimate of drug-likeness (QED) is 0.832. The van der Waals surface area contributed by atoms with E-state index in [0.717, 1.165) is 11.5 Å². The van der Waals surface area contributed by atoms with Crippen LogP contribution in [0.5, 0.6) is 0 Å². The molecule has 1 saturated heterocycles. The fourth-order valence-electron chi connectivity index (χ4n) is 4.03. The maximum atomic E-state index is 12.9. The van der Waals surface area contributed by atoms with Crippen molar-refractivity contribution in [3.63, 3.8) is 0 Å². The Bertz CT molecular complexity index is 871. The van der Waals surface area contributed by atoms with E-state index in [1.54, 1.807) is 11.1 Å². The summed E-state index contributed by atoms with van der Waals surface area (Å²) in [6.45, 7) is 5.42. The first-order valence-corrected chi connectivity index (χ1v) is 10.1. The minimum absolute atomic E-state index is 0.0626. The molecule has 1 spiro atoms. The Morgan fingerprint density at radius 1 is 1.21 bits per heavy atom. The van der Waals surface area contributed by atoms with Crippen molar-refractivity contribution in [2.75, 3.05) is 18.4 Å². The van der Waals surface area contributed by atoms with Crippen molar-refractivity contribution in [1.82, 2.24) is 19.8 Å². The molecule has 1 unspecified atom stereocenters. The lowest BCUT2D eigenvalue weighted by atomic mass is 9.88. The molecule has 8 nitrogen and oxygen atoms in total. The number of nitrogens with one attached hydrogen (secondary N) is 2. The summed E-state index contributed by atoms with van der Waals surface area (Å²) in [6.07, 6.45) is 4.22. The van der Waals surface area contributed by atoms with Crippen molar-refractivity contribution < 1.29 is 14.3 Å². The molecule has 29 heavy (non-hydrogen) atoms. The number of benzene rings is 1. The number of piperidine rings is 1. The van der Waals surface area contributed by atoms with Crippen LogP contribution in [0.3, 0.4) is 0 Å². The SMILES string of the molecule is CC(C)NC(=O)N1CCC2(CC1)OC(C(=O)Nc1ccccc1)Cn1ccnc12. The van der Waals surface area contributed by atoms with Crippen molar-refractivity contribution in [2.24, 2.45) is 0 Å². The van der Waals surface area contributed by atoms with Crippen LogP contribution < -0.4 is 10.6 Å². The molecule has 8 heteroatoms. The predicted molar refractivity (Wildman–Crippen MR) is 108 cm³/mol. The second-order valence-electron chi connectivity index (χ2n) is 7.95. The number of urea groups is 1. The summed E-state index contributed by atoms with van der Waals surface area (Å²) in [4.78, 5) is 31.5. The van der Waals surface area contributed by atoms with Gasteiger partial charge in [-0.2, -0.15) is 0 Å². The molecule has 0 radical (unpaired) electrons. The topological polar surface area (TPSA) is 88.5 Å². The lowest BCUT2D eigenvalue weighted by molar-refractivity contribution is -0.167. The average Bonchev–Trinajstić information content (AvgIpc) is 3.18. The van der Waals surface area contributed by atoms with Gasteiger partial charge >= 0.3 is 6.03 Å². The summed E-state index contributed by atoms with van der Waals surface area (Å²) in [5.74, 6) is 0.667. The molecule has 3 amide bonds. The van der Waals surface area contributed by atoms with Crippen LogP contribution in [0, 0.1) is 0 Å². The van der Waals surface area contributed by atoms with Gasteiger partial charge in [0.25, 0.3) is 5.91 Å². The van der Waals surface area contributed by atoms with Crippen molar-refractivity contribution >= 4 is 17.6 Å². The van der Waals surface area contributed by atoms with Gasteiger partial charge in [-0.25, -0.2) is 9.78 Å². The number of hydrogen-bond acceptors (Lipinski definition) is 4. The van der Waals surface area contributed by atoms with E-state index in [2.05, 4.69) is 15.6 Å². The maximum Gasteiger partial charge on any atom is 0.317 e. The van der Waals surface area contributed by atoms with E-state index >= 15 is 0 Å². The first-order valence-electron chi connectivity index (χ1n) is 10.1. The fraction of sp³-hybridized carbons (Fsp3) is 0.476. The summed E-state index contributed by atoms with van der Waals surface area (Å²) >= 11 is 0. The number of amides is 3. The number of aromatic nitrogens is 2. The molecule has 2 aromatic rings. The van der Waals surface area contributed by atoms with E-state index in [1.807, 2.05) is 54.9 Å². The predicted octanol–water partition coefficient (Wildman–Crippen LogP) is 2.33. The molecule has 0 saturated carbocycles. The number of likely N-dealkylation sites (tertiary alicyclic amines) is 1. The molecule has 1 aromatic carbocycles. The highest BCUT2D eigenvalue weighted by atomic mass is 16.5. The van der Waals surface area contributed by atoms with E-state index < -0.39 is 11.7 Å². The second kappa shape index (κ2) is 7.87. The van der Waals surface area contributed by atoms with Gasteiger partial charge in [-0.15, -0.1) is 0 Å². The van der Waals surface area contributed by atoms with Gasteiger partial charge in [-0.05, 0) is 26.0 Å². The average molecular weight is 397 g/mol. The van der Waals surface area contributed by atoms with E-state index in [0.29, 0.717) is 32.5 Å². The van der Waals surface area contributed by atoms with Crippen LogP contribution in [0.15, 0.2) is 42.7 Å². The molecule has 4 rings (SSSR count). The zero-order chi connectivity index (χ0) is 20.4. The monoisotopic (exact) mass is 397 g/mol. The highest BCUT2D eigenvalue weighted by molar-refractivity contribution is 5.94. The molecule has 2 aliphatic rings. The van der Waals surface area contributed by atoms with E-state index in [4.69, 9.17) is 4.74 Å². The number of nitrogens with zero attached hydrogens (tertiary/aromatic N) is 3. The molecule has 2 N–H and O–H groups in total. The summed E-state index contributed by atoms with van der Waals surface area (Å²) < 4.78 is 8.39. The van der Waals surface area contributed by atoms with Crippen LogP contribution in [-0.2, 0) is 21.7 Å². The molecule has 1 aromatic heterocycles. The van der Waals surface area contributed by atoms with Gasteiger partial charge in [0.15, 0.2) is 6.10 Å². The molecule has 2 aliphatic heterocycles. The van der Waals surface area contributed by atoms with Crippen molar-refractivity contribution in [3.8, 4) is 0 Å². The molecule has 1 fully saturated rings. The third-order valence-electron chi connectivity index (χ3n) is 5.46. The van der Waals surface area contributed by atoms with Gasteiger partial charge in [0.1, 0.15) is 11.4 Å². The number of rotatable bonds is 3. The highest BCUT2D eigenvalue weighted by Crippen LogP contribution is 2.40. The minimum Gasteiger partial charge on any atom is -0.352 e. The Balaban J connectivity index is 1.49. The zero-order valence-electron chi connectivity index (χ0n) is 16.8. The summed E-state index contributed by atoms with van der Waals surface area (Å²) in [5, 5.41) is 5.87. The summed E-state index contributed by atoms with van der Waals surface area (Å²) in [5.41, 5.74) is 0.0847. The molecule has 0 bridgehead atoms. The zero-order valence-corrected chi connectivity index (χ0v) is 16.8. The lowest BCUT2D eigenvalue weighted by Crippen LogP contribution is -2.55. The molecule has 3 heterocycles. The number of ether oxygens (including phenoxy) is 1. The Labute approximate surface area is 170 Å². The van der Waals surface area contributed by atoms with Crippen LogP contribution in [0.1, 0.15) is 32.5 Å². The smallest absolute Gasteiger partial charge is 0.317 e. The third-order valence-corrected chi connectivity index (χ3v) is 5.46. The van der Waals surface area contributed by atoms with Gasteiger partial charge in [0.2, 0.25) is 0 Å². The van der Waals surface area contributed by atoms with Crippen LogP contribution in [-0.4, -0.2) is 51.6 Å². The van der Waals surface area contributed by atoms with Gasteiger partial charge < -0.3 is 24.8 Å². The third kappa shape index (κ3) is 3.98. The molecule has 154 valence electrons. The Hall–Kier alpha value is -2.87. The summed E-state index contributed by atoms with van der Waals surface area (Å²) in [6, 6.07) is 9.40. The number of carbonyl (C=O) groups excluding carboxylic acids is 2. The van der Waals surface area contributed by atoms with Crippen molar-refractivity contribution in [3.05, 3.63) is 48.5 Å². The minimum atomic E-state index is -0.658. The van der Waals surface area contributed by atoms with Gasteiger partial charge in [0.05, 0.1) is 6.54 Å². The van der Waals surface area contributed by atoms with Gasteiger partial charge in [0, 0.05) is 50.1 Å². The van der Waals surface area contributed by atoms with Crippen LogP contribution in [0.25, 0.3) is 0 Å².